The van der Waals surface area contributed by atoms with Crippen molar-refractivity contribution >= 4 is 11.0 Å². The summed E-state index contributed by atoms with van der Waals surface area (Å²) in [5.41, 5.74) is 3.09. The first kappa shape index (κ1) is 11.9. The van der Waals surface area contributed by atoms with E-state index in [4.69, 9.17) is 0 Å². The summed E-state index contributed by atoms with van der Waals surface area (Å²) in [7, 11) is 0. The van der Waals surface area contributed by atoms with Crippen LogP contribution >= 0.6 is 0 Å². The second kappa shape index (κ2) is 4.86. The first-order valence-electron chi connectivity index (χ1n) is 6.44. The quantitative estimate of drug-likeness (QED) is 0.778. The molecule has 0 aliphatic carbocycles. The summed E-state index contributed by atoms with van der Waals surface area (Å²) in [6, 6.07) is 18.1. The van der Waals surface area contributed by atoms with E-state index in [0.29, 0.717) is 6.54 Å². The highest BCUT2D eigenvalue weighted by Gasteiger charge is 2.13. The highest BCUT2D eigenvalue weighted by atomic mass is 16.3. The van der Waals surface area contributed by atoms with Crippen LogP contribution in [0.2, 0.25) is 0 Å². The predicted octanol–water partition coefficient (Wildman–Crippen LogP) is 3.08. The summed E-state index contributed by atoms with van der Waals surface area (Å²) >= 11 is 0. The zero-order valence-electron chi connectivity index (χ0n) is 10.8. The standard InChI is InChI=1S/C16H16N2O/c1-12(19)11-18-15-10-6-5-9-14(15)17-16(18)13-7-3-2-4-8-13/h2-10,12,19H,11H2,1H3. The predicted molar refractivity (Wildman–Crippen MR) is 76.8 cm³/mol. The van der Waals surface area contributed by atoms with Crippen LogP contribution in [0, 0.1) is 0 Å². The first-order chi connectivity index (χ1) is 9.25. The Bertz CT molecular complexity index is 686. The van der Waals surface area contributed by atoms with Gasteiger partial charge in [-0.3, -0.25) is 0 Å². The molecule has 0 amide bonds. The lowest BCUT2D eigenvalue weighted by molar-refractivity contribution is 0.175. The smallest absolute Gasteiger partial charge is 0.141 e. The van der Waals surface area contributed by atoms with E-state index in [1.165, 1.54) is 0 Å². The second-order valence-electron chi connectivity index (χ2n) is 4.75. The maximum Gasteiger partial charge on any atom is 0.141 e. The molecule has 3 rings (SSSR count). The molecule has 1 N–H and O–H groups in total. The van der Waals surface area contributed by atoms with Crippen LogP contribution in [0.4, 0.5) is 0 Å². The fourth-order valence-electron chi connectivity index (χ4n) is 2.33. The molecule has 1 unspecified atom stereocenters. The van der Waals surface area contributed by atoms with Crippen molar-refractivity contribution in [3.8, 4) is 11.4 Å². The molecule has 19 heavy (non-hydrogen) atoms. The summed E-state index contributed by atoms with van der Waals surface area (Å²) < 4.78 is 2.08. The Labute approximate surface area is 112 Å². The third-order valence-corrected chi connectivity index (χ3v) is 3.13. The third-order valence-electron chi connectivity index (χ3n) is 3.13. The van der Waals surface area contributed by atoms with E-state index in [1.807, 2.05) is 54.6 Å². The average Bonchev–Trinajstić information content (AvgIpc) is 2.78. The molecule has 0 fully saturated rings. The van der Waals surface area contributed by atoms with Gasteiger partial charge < -0.3 is 9.67 Å². The monoisotopic (exact) mass is 252 g/mol. The molecule has 0 saturated heterocycles. The van der Waals surface area contributed by atoms with Crippen LogP contribution in [0.3, 0.4) is 0 Å². The molecule has 0 saturated carbocycles. The number of hydrogen-bond acceptors (Lipinski definition) is 2. The molecule has 0 aliphatic heterocycles. The van der Waals surface area contributed by atoms with Gasteiger partial charge in [0.15, 0.2) is 0 Å². The lowest BCUT2D eigenvalue weighted by Gasteiger charge is -2.11. The molecule has 0 spiro atoms. The van der Waals surface area contributed by atoms with Gasteiger partial charge in [-0.2, -0.15) is 0 Å². The SMILES string of the molecule is CC(O)Cn1c(-c2ccccc2)nc2ccccc21. The van der Waals surface area contributed by atoms with Gasteiger partial charge in [0, 0.05) is 5.56 Å². The normalized spacial score (nSPS) is 12.7. The Balaban J connectivity index is 2.23. The number of aliphatic hydroxyl groups excluding tert-OH is 1. The zero-order valence-corrected chi connectivity index (χ0v) is 10.8. The first-order valence-corrected chi connectivity index (χ1v) is 6.44. The van der Waals surface area contributed by atoms with Gasteiger partial charge in [-0.25, -0.2) is 4.98 Å². The minimum atomic E-state index is -0.403. The van der Waals surface area contributed by atoms with E-state index >= 15 is 0 Å². The van der Waals surface area contributed by atoms with Crippen molar-refractivity contribution < 1.29 is 5.11 Å². The number of benzene rings is 2. The lowest BCUT2D eigenvalue weighted by Crippen LogP contribution is -2.12. The van der Waals surface area contributed by atoms with Gasteiger partial charge >= 0.3 is 0 Å². The minimum Gasteiger partial charge on any atom is -0.392 e. The van der Waals surface area contributed by atoms with Gasteiger partial charge in [0.1, 0.15) is 5.82 Å². The minimum absolute atomic E-state index is 0.403. The number of aliphatic hydroxyl groups is 1. The molecule has 0 aliphatic rings. The number of para-hydroxylation sites is 2. The fourth-order valence-corrected chi connectivity index (χ4v) is 2.33. The highest BCUT2D eigenvalue weighted by Crippen LogP contribution is 2.24. The van der Waals surface area contributed by atoms with Crippen molar-refractivity contribution in [3.05, 3.63) is 54.6 Å². The Kier molecular flexibility index (Phi) is 3.05. The molecule has 1 atom stereocenters. The number of aromatic nitrogens is 2. The summed E-state index contributed by atoms with van der Waals surface area (Å²) in [6.45, 7) is 2.34. The highest BCUT2D eigenvalue weighted by molar-refractivity contribution is 5.80. The largest absolute Gasteiger partial charge is 0.392 e. The summed E-state index contributed by atoms with van der Waals surface area (Å²) in [4.78, 5) is 4.69. The topological polar surface area (TPSA) is 38.0 Å². The molecule has 96 valence electrons. The molecular formula is C16H16N2O. The molecule has 3 aromatic rings. The summed E-state index contributed by atoms with van der Waals surface area (Å²) in [5, 5.41) is 9.71. The van der Waals surface area contributed by atoms with E-state index in [1.54, 1.807) is 6.92 Å². The molecule has 1 heterocycles. The molecule has 3 heteroatoms. The second-order valence-corrected chi connectivity index (χ2v) is 4.75. The van der Waals surface area contributed by atoms with E-state index < -0.39 is 6.10 Å². The number of fused-ring (bicyclic) bond motifs is 1. The Morgan fingerprint density at radius 2 is 1.74 bits per heavy atom. The van der Waals surface area contributed by atoms with Crippen molar-refractivity contribution in [3.63, 3.8) is 0 Å². The molecular weight excluding hydrogens is 236 g/mol. The van der Waals surface area contributed by atoms with Crippen LogP contribution in [-0.4, -0.2) is 20.8 Å². The Morgan fingerprint density at radius 1 is 1.05 bits per heavy atom. The van der Waals surface area contributed by atoms with Crippen LogP contribution in [0.25, 0.3) is 22.4 Å². The number of hydrogen-bond donors (Lipinski definition) is 1. The number of imidazole rings is 1. The molecule has 0 radical (unpaired) electrons. The summed E-state index contributed by atoms with van der Waals surface area (Å²) in [5.74, 6) is 0.905. The molecule has 3 nitrogen and oxygen atoms in total. The Morgan fingerprint density at radius 3 is 2.47 bits per heavy atom. The molecule has 1 aromatic heterocycles. The van der Waals surface area contributed by atoms with Crippen LogP contribution in [0.1, 0.15) is 6.92 Å². The average molecular weight is 252 g/mol. The lowest BCUT2D eigenvalue weighted by atomic mass is 10.2. The van der Waals surface area contributed by atoms with Crippen molar-refractivity contribution in [1.29, 1.82) is 0 Å². The van der Waals surface area contributed by atoms with E-state index in [0.717, 1.165) is 22.4 Å². The van der Waals surface area contributed by atoms with Gasteiger partial charge in [-0.15, -0.1) is 0 Å². The number of nitrogens with zero attached hydrogens (tertiary/aromatic N) is 2. The van der Waals surface area contributed by atoms with Gasteiger partial charge in [0.05, 0.1) is 23.7 Å². The molecule has 2 aromatic carbocycles. The van der Waals surface area contributed by atoms with Crippen molar-refractivity contribution in [2.24, 2.45) is 0 Å². The fraction of sp³-hybridized carbons (Fsp3) is 0.188. The maximum atomic E-state index is 9.71. The van der Waals surface area contributed by atoms with Crippen LogP contribution in [-0.2, 0) is 6.54 Å². The van der Waals surface area contributed by atoms with Crippen molar-refractivity contribution in [1.82, 2.24) is 9.55 Å². The van der Waals surface area contributed by atoms with Gasteiger partial charge in [0.25, 0.3) is 0 Å². The summed E-state index contributed by atoms with van der Waals surface area (Å²) in [6.07, 6.45) is -0.403. The van der Waals surface area contributed by atoms with Crippen molar-refractivity contribution in [2.75, 3.05) is 0 Å². The van der Waals surface area contributed by atoms with Crippen LogP contribution < -0.4 is 0 Å². The van der Waals surface area contributed by atoms with Crippen LogP contribution in [0.15, 0.2) is 54.6 Å². The van der Waals surface area contributed by atoms with Crippen molar-refractivity contribution in [2.45, 2.75) is 19.6 Å². The molecule has 0 bridgehead atoms. The number of rotatable bonds is 3. The van der Waals surface area contributed by atoms with Gasteiger partial charge in [0.2, 0.25) is 0 Å². The third kappa shape index (κ3) is 2.25. The van der Waals surface area contributed by atoms with Crippen LogP contribution in [0.5, 0.6) is 0 Å². The van der Waals surface area contributed by atoms with Gasteiger partial charge in [-0.05, 0) is 19.1 Å². The zero-order chi connectivity index (χ0) is 13.2. The Hall–Kier alpha value is -2.13. The maximum absolute atomic E-state index is 9.71. The van der Waals surface area contributed by atoms with E-state index in [-0.39, 0.29) is 0 Å². The van der Waals surface area contributed by atoms with Gasteiger partial charge in [-0.1, -0.05) is 42.5 Å². The van der Waals surface area contributed by atoms with E-state index in [9.17, 15) is 5.11 Å². The van der Waals surface area contributed by atoms with E-state index in [2.05, 4.69) is 9.55 Å².